The number of nitrogens with one attached hydrogen (secondary N) is 1. The summed E-state index contributed by atoms with van der Waals surface area (Å²) < 4.78 is 4.92. The third kappa shape index (κ3) is 8.25. The maximum atomic E-state index is 11.2. The molecule has 0 aliphatic heterocycles. The number of ether oxygens (including phenoxy) is 1. The Kier molecular flexibility index (Phi) is 7.28. The highest BCUT2D eigenvalue weighted by molar-refractivity contribution is 9.09. The third-order valence-electron chi connectivity index (χ3n) is 1.46. The molecule has 1 atom stereocenters. The van der Waals surface area contributed by atoms with Gasteiger partial charge in [-0.2, -0.15) is 0 Å². The van der Waals surface area contributed by atoms with Crippen molar-refractivity contribution >= 4 is 21.8 Å². The van der Waals surface area contributed by atoms with Crippen LogP contribution in [0.25, 0.3) is 0 Å². The predicted molar refractivity (Wildman–Crippen MR) is 57.1 cm³/mol. The summed E-state index contributed by atoms with van der Waals surface area (Å²) in [4.78, 5) is 11.4. The van der Waals surface area contributed by atoms with Crippen LogP contribution in [0, 0.1) is 5.92 Å². The van der Waals surface area contributed by atoms with E-state index >= 15 is 0 Å². The quantitative estimate of drug-likeness (QED) is 0.728. The lowest BCUT2D eigenvalue weighted by Gasteiger charge is -2.10. The summed E-state index contributed by atoms with van der Waals surface area (Å²) in [7, 11) is 1.64. The molecule has 78 valence electrons. The van der Waals surface area contributed by atoms with E-state index in [4.69, 9.17) is 4.74 Å². The van der Waals surface area contributed by atoms with Gasteiger partial charge < -0.3 is 10.1 Å². The SMILES string of the molecule is COCC(Br)CNC(=O)CC(C)C. The van der Waals surface area contributed by atoms with Crippen molar-refractivity contribution in [2.75, 3.05) is 20.3 Å². The molecule has 0 aliphatic carbocycles. The second-order valence-electron chi connectivity index (χ2n) is 3.45. The average molecular weight is 252 g/mol. The van der Waals surface area contributed by atoms with E-state index in [1.54, 1.807) is 7.11 Å². The van der Waals surface area contributed by atoms with Crippen LogP contribution >= 0.6 is 15.9 Å². The van der Waals surface area contributed by atoms with E-state index in [0.29, 0.717) is 25.5 Å². The molecular weight excluding hydrogens is 234 g/mol. The molecule has 0 fully saturated rings. The Hall–Kier alpha value is -0.0900. The smallest absolute Gasteiger partial charge is 0.220 e. The van der Waals surface area contributed by atoms with Crippen molar-refractivity contribution in [3.05, 3.63) is 0 Å². The Morgan fingerprint density at radius 1 is 1.54 bits per heavy atom. The monoisotopic (exact) mass is 251 g/mol. The fourth-order valence-electron chi connectivity index (χ4n) is 0.907. The van der Waals surface area contributed by atoms with Crippen molar-refractivity contribution < 1.29 is 9.53 Å². The Labute approximate surface area is 88.4 Å². The molecule has 0 heterocycles. The topological polar surface area (TPSA) is 38.3 Å². The van der Waals surface area contributed by atoms with Crippen LogP contribution in [0.3, 0.4) is 0 Å². The normalized spacial score (nSPS) is 13.0. The summed E-state index contributed by atoms with van der Waals surface area (Å²) in [5.41, 5.74) is 0. The molecule has 0 bridgehead atoms. The minimum Gasteiger partial charge on any atom is -0.383 e. The third-order valence-corrected chi connectivity index (χ3v) is 2.05. The standard InChI is InChI=1S/C9H18BrNO2/c1-7(2)4-9(12)11-5-8(10)6-13-3/h7-8H,4-6H2,1-3H3,(H,11,12). The first-order valence-electron chi connectivity index (χ1n) is 4.46. The molecule has 0 aliphatic rings. The fourth-order valence-corrected chi connectivity index (χ4v) is 1.33. The van der Waals surface area contributed by atoms with Gasteiger partial charge in [-0.1, -0.05) is 29.8 Å². The average Bonchev–Trinajstić information content (AvgIpc) is 2.00. The molecule has 0 aromatic carbocycles. The van der Waals surface area contributed by atoms with Gasteiger partial charge in [0.05, 0.1) is 11.4 Å². The number of methoxy groups -OCH3 is 1. The van der Waals surface area contributed by atoms with E-state index in [2.05, 4.69) is 21.2 Å². The van der Waals surface area contributed by atoms with Crippen molar-refractivity contribution in [1.29, 1.82) is 0 Å². The summed E-state index contributed by atoms with van der Waals surface area (Å²) in [6.45, 7) is 5.29. The number of rotatable bonds is 6. The van der Waals surface area contributed by atoms with Gasteiger partial charge in [0.1, 0.15) is 0 Å². The molecule has 4 heteroatoms. The first-order valence-corrected chi connectivity index (χ1v) is 5.37. The highest BCUT2D eigenvalue weighted by Gasteiger charge is 2.07. The Balaban J connectivity index is 3.46. The van der Waals surface area contributed by atoms with Crippen molar-refractivity contribution in [2.24, 2.45) is 5.92 Å². The zero-order valence-corrected chi connectivity index (χ0v) is 10.1. The van der Waals surface area contributed by atoms with Gasteiger partial charge in [0, 0.05) is 20.1 Å². The molecule has 1 unspecified atom stereocenters. The summed E-state index contributed by atoms with van der Waals surface area (Å²) in [5.74, 6) is 0.520. The van der Waals surface area contributed by atoms with Crippen molar-refractivity contribution in [1.82, 2.24) is 5.32 Å². The Morgan fingerprint density at radius 3 is 2.62 bits per heavy atom. The maximum absolute atomic E-state index is 11.2. The van der Waals surface area contributed by atoms with E-state index in [1.807, 2.05) is 13.8 Å². The van der Waals surface area contributed by atoms with Gasteiger partial charge in [0.2, 0.25) is 5.91 Å². The summed E-state index contributed by atoms with van der Waals surface area (Å²) in [5, 5.41) is 2.83. The van der Waals surface area contributed by atoms with Gasteiger partial charge in [-0.25, -0.2) is 0 Å². The highest BCUT2D eigenvalue weighted by Crippen LogP contribution is 2.00. The van der Waals surface area contributed by atoms with Gasteiger partial charge in [0.15, 0.2) is 0 Å². The second-order valence-corrected chi connectivity index (χ2v) is 4.75. The highest BCUT2D eigenvalue weighted by atomic mass is 79.9. The van der Waals surface area contributed by atoms with Crippen LogP contribution in [0.5, 0.6) is 0 Å². The van der Waals surface area contributed by atoms with Crippen LogP contribution in [-0.2, 0) is 9.53 Å². The number of alkyl halides is 1. The van der Waals surface area contributed by atoms with E-state index in [1.165, 1.54) is 0 Å². The van der Waals surface area contributed by atoms with Crippen LogP contribution < -0.4 is 5.32 Å². The number of hydrogen-bond donors (Lipinski definition) is 1. The van der Waals surface area contributed by atoms with Crippen LogP contribution in [0.1, 0.15) is 20.3 Å². The van der Waals surface area contributed by atoms with Crippen molar-refractivity contribution in [3.63, 3.8) is 0 Å². The van der Waals surface area contributed by atoms with Gasteiger partial charge in [-0.3, -0.25) is 4.79 Å². The Bertz CT molecular complexity index is 151. The molecule has 0 saturated heterocycles. The van der Waals surface area contributed by atoms with Crippen molar-refractivity contribution in [2.45, 2.75) is 25.1 Å². The van der Waals surface area contributed by atoms with Crippen LogP contribution in [0.15, 0.2) is 0 Å². The number of hydrogen-bond acceptors (Lipinski definition) is 2. The first kappa shape index (κ1) is 12.9. The number of halogens is 1. The lowest BCUT2D eigenvalue weighted by atomic mass is 10.1. The van der Waals surface area contributed by atoms with Crippen LogP contribution in [-0.4, -0.2) is 31.0 Å². The second kappa shape index (κ2) is 7.33. The fraction of sp³-hybridized carbons (Fsp3) is 0.889. The molecule has 3 nitrogen and oxygen atoms in total. The molecule has 0 radical (unpaired) electrons. The minimum absolute atomic E-state index is 0.107. The number of carbonyl (C=O) groups is 1. The molecular formula is C9H18BrNO2. The summed E-state index contributed by atoms with van der Waals surface area (Å²) >= 11 is 3.39. The minimum atomic E-state index is 0.107. The molecule has 1 N–H and O–H groups in total. The number of amides is 1. The van der Waals surface area contributed by atoms with Crippen LogP contribution in [0.4, 0.5) is 0 Å². The molecule has 0 rings (SSSR count). The van der Waals surface area contributed by atoms with Crippen molar-refractivity contribution in [3.8, 4) is 0 Å². The van der Waals surface area contributed by atoms with E-state index in [9.17, 15) is 4.79 Å². The lowest BCUT2D eigenvalue weighted by molar-refractivity contribution is -0.121. The molecule has 0 spiro atoms. The van der Waals surface area contributed by atoms with Gasteiger partial charge in [-0.15, -0.1) is 0 Å². The molecule has 0 saturated carbocycles. The van der Waals surface area contributed by atoms with Gasteiger partial charge >= 0.3 is 0 Å². The first-order chi connectivity index (χ1) is 6.06. The lowest BCUT2D eigenvalue weighted by Crippen LogP contribution is -2.31. The number of carbonyl (C=O) groups excluding carboxylic acids is 1. The van der Waals surface area contributed by atoms with Gasteiger partial charge in [0.25, 0.3) is 0 Å². The maximum Gasteiger partial charge on any atom is 0.220 e. The predicted octanol–water partition coefficient (Wildman–Crippen LogP) is 1.56. The van der Waals surface area contributed by atoms with E-state index in [-0.39, 0.29) is 10.7 Å². The molecule has 0 aromatic heterocycles. The largest absolute Gasteiger partial charge is 0.383 e. The van der Waals surface area contributed by atoms with Gasteiger partial charge in [-0.05, 0) is 5.92 Å². The van der Waals surface area contributed by atoms with E-state index < -0.39 is 0 Å². The van der Waals surface area contributed by atoms with Crippen LogP contribution in [0.2, 0.25) is 0 Å². The molecule has 0 aromatic rings. The zero-order valence-electron chi connectivity index (χ0n) is 8.47. The molecule has 13 heavy (non-hydrogen) atoms. The molecule has 1 amide bonds. The Morgan fingerprint density at radius 2 is 2.15 bits per heavy atom. The summed E-state index contributed by atoms with van der Waals surface area (Å²) in [6, 6.07) is 0. The zero-order chi connectivity index (χ0) is 10.3. The summed E-state index contributed by atoms with van der Waals surface area (Å²) in [6.07, 6.45) is 0.590. The van der Waals surface area contributed by atoms with E-state index in [0.717, 1.165) is 0 Å².